The monoisotopic (exact) mass is 271 g/mol. The molecule has 0 saturated carbocycles. The van der Waals surface area contributed by atoms with Crippen LogP contribution in [0.2, 0.25) is 0 Å². The van der Waals surface area contributed by atoms with Crippen molar-refractivity contribution in [3.05, 3.63) is 69.7 Å². The molecule has 94 valence electrons. The van der Waals surface area contributed by atoms with Gasteiger partial charge in [-0.1, -0.05) is 35.6 Å². The lowest BCUT2D eigenvalue weighted by Gasteiger charge is -1.97. The van der Waals surface area contributed by atoms with E-state index < -0.39 is 0 Å². The lowest BCUT2D eigenvalue weighted by molar-refractivity contribution is -0.658. The van der Waals surface area contributed by atoms with Crippen molar-refractivity contribution in [1.29, 1.82) is 0 Å². The molecule has 1 aromatic heterocycles. The number of nitrogens with zero attached hydrogens (tertiary/aromatic N) is 2. The van der Waals surface area contributed by atoms with Crippen LogP contribution in [0.1, 0.15) is 5.56 Å². The molecule has 0 aliphatic heterocycles. The van der Waals surface area contributed by atoms with Crippen LogP contribution in [0.3, 0.4) is 0 Å². The molecule has 0 atom stereocenters. The van der Waals surface area contributed by atoms with Gasteiger partial charge in [-0.05, 0) is 6.07 Å². The Bertz CT molecular complexity index is 752. The summed E-state index contributed by atoms with van der Waals surface area (Å²) < 4.78 is 3.33. The number of benzene rings is 2. The third-order valence-corrected chi connectivity index (χ3v) is 3.91. The Morgan fingerprint density at radius 2 is 2.00 bits per heavy atom. The van der Waals surface area contributed by atoms with E-state index >= 15 is 0 Å². The summed E-state index contributed by atoms with van der Waals surface area (Å²) in [6.45, 7) is 0.645. The third-order valence-electron chi connectivity index (χ3n) is 2.96. The summed E-state index contributed by atoms with van der Waals surface area (Å²) in [6.07, 6.45) is 0. The number of para-hydroxylation sites is 1. The highest BCUT2D eigenvalue weighted by Gasteiger charge is 2.13. The van der Waals surface area contributed by atoms with Crippen molar-refractivity contribution in [2.75, 3.05) is 0 Å². The summed E-state index contributed by atoms with van der Waals surface area (Å²) in [5.41, 5.74) is 4.27. The fraction of sp³-hybridized carbons (Fsp3) is 0.0714. The molecule has 4 nitrogen and oxygen atoms in total. The molecule has 0 unspecified atom stereocenters. The van der Waals surface area contributed by atoms with Crippen LogP contribution in [0.4, 0.5) is 5.69 Å². The molecule has 1 heterocycles. The molecule has 5 heteroatoms. The van der Waals surface area contributed by atoms with E-state index in [1.165, 1.54) is 10.8 Å². The van der Waals surface area contributed by atoms with Crippen molar-refractivity contribution in [2.24, 2.45) is 0 Å². The molecule has 3 rings (SSSR count). The molecule has 2 aromatic carbocycles. The standard InChI is InChI=1S/C14H11N2O2S/c17-16(18)12-5-3-4-11(8-12)9-15-10-19-14-7-2-1-6-13(14)15/h1-8,10H,9H2/q+1. The Hall–Kier alpha value is -2.27. The SMILES string of the molecule is O=[N+]([O-])c1cccc(C[n+]2csc3ccccc32)c1. The van der Waals surface area contributed by atoms with Gasteiger partial charge in [0.05, 0.1) is 4.92 Å². The van der Waals surface area contributed by atoms with E-state index in [0.717, 1.165) is 11.1 Å². The highest BCUT2D eigenvalue weighted by atomic mass is 32.1. The maximum atomic E-state index is 10.8. The van der Waals surface area contributed by atoms with E-state index in [2.05, 4.69) is 16.7 Å². The van der Waals surface area contributed by atoms with Crippen LogP contribution in [0, 0.1) is 10.1 Å². The molecule has 0 saturated heterocycles. The number of aromatic nitrogens is 1. The topological polar surface area (TPSA) is 47.0 Å². The number of fused-ring (bicyclic) bond motifs is 1. The van der Waals surface area contributed by atoms with Crippen molar-refractivity contribution in [2.45, 2.75) is 6.54 Å². The largest absolute Gasteiger partial charge is 0.269 e. The number of thiazole rings is 1. The Kier molecular flexibility index (Phi) is 2.97. The number of non-ortho nitro benzene ring substituents is 1. The average Bonchev–Trinajstić information content (AvgIpc) is 2.83. The summed E-state index contributed by atoms with van der Waals surface area (Å²) >= 11 is 1.67. The van der Waals surface area contributed by atoms with Gasteiger partial charge in [-0.15, -0.1) is 0 Å². The predicted molar refractivity (Wildman–Crippen MR) is 74.2 cm³/mol. The summed E-state index contributed by atoms with van der Waals surface area (Å²) in [5.74, 6) is 0. The van der Waals surface area contributed by atoms with E-state index in [0.29, 0.717) is 6.54 Å². The Morgan fingerprint density at radius 1 is 1.16 bits per heavy atom. The van der Waals surface area contributed by atoms with Gasteiger partial charge in [0, 0.05) is 23.8 Å². The second-order valence-electron chi connectivity index (χ2n) is 4.25. The molecule has 3 aromatic rings. The Morgan fingerprint density at radius 3 is 2.84 bits per heavy atom. The van der Waals surface area contributed by atoms with E-state index in [4.69, 9.17) is 0 Å². The highest BCUT2D eigenvalue weighted by Crippen LogP contribution is 2.17. The number of hydrogen-bond donors (Lipinski definition) is 0. The van der Waals surface area contributed by atoms with Crippen LogP contribution in [-0.4, -0.2) is 4.92 Å². The number of hydrogen-bond acceptors (Lipinski definition) is 3. The van der Waals surface area contributed by atoms with Crippen molar-refractivity contribution in [3.8, 4) is 0 Å². The first-order chi connectivity index (χ1) is 9.24. The summed E-state index contributed by atoms with van der Waals surface area (Å²) in [5, 5.41) is 10.8. The zero-order valence-electron chi connectivity index (χ0n) is 10.0. The lowest BCUT2D eigenvalue weighted by Crippen LogP contribution is -2.31. The van der Waals surface area contributed by atoms with Gasteiger partial charge in [-0.3, -0.25) is 10.1 Å². The molecular formula is C14H11N2O2S+. The first-order valence-corrected chi connectivity index (χ1v) is 6.71. The van der Waals surface area contributed by atoms with Crippen LogP contribution in [-0.2, 0) is 6.54 Å². The van der Waals surface area contributed by atoms with E-state index in [1.54, 1.807) is 23.5 Å². The maximum Gasteiger partial charge on any atom is 0.269 e. The van der Waals surface area contributed by atoms with E-state index in [1.807, 2.05) is 23.7 Å². The molecule has 0 aliphatic carbocycles. The van der Waals surface area contributed by atoms with Crippen LogP contribution in [0.25, 0.3) is 10.2 Å². The van der Waals surface area contributed by atoms with E-state index in [9.17, 15) is 10.1 Å². The van der Waals surface area contributed by atoms with Crippen molar-refractivity contribution >= 4 is 27.2 Å². The molecule has 0 bridgehead atoms. The minimum atomic E-state index is -0.361. The Balaban J connectivity index is 1.97. The van der Waals surface area contributed by atoms with Gasteiger partial charge in [-0.25, -0.2) is 0 Å². The minimum Gasteiger partial charge on any atom is -0.258 e. The van der Waals surface area contributed by atoms with Crippen LogP contribution < -0.4 is 4.57 Å². The fourth-order valence-corrected chi connectivity index (χ4v) is 2.95. The second kappa shape index (κ2) is 4.78. The van der Waals surface area contributed by atoms with E-state index in [-0.39, 0.29) is 10.6 Å². The van der Waals surface area contributed by atoms with Crippen LogP contribution in [0.5, 0.6) is 0 Å². The number of nitro groups is 1. The van der Waals surface area contributed by atoms with Crippen LogP contribution >= 0.6 is 11.3 Å². The molecule has 0 fully saturated rings. The fourth-order valence-electron chi connectivity index (χ4n) is 2.06. The van der Waals surface area contributed by atoms with Gasteiger partial charge < -0.3 is 0 Å². The normalized spacial score (nSPS) is 10.7. The molecular weight excluding hydrogens is 260 g/mol. The zero-order valence-corrected chi connectivity index (χ0v) is 10.8. The average molecular weight is 271 g/mol. The third kappa shape index (κ3) is 2.32. The second-order valence-corrected chi connectivity index (χ2v) is 5.13. The summed E-state index contributed by atoms with van der Waals surface area (Å²) in [7, 11) is 0. The van der Waals surface area contributed by atoms with Crippen molar-refractivity contribution < 1.29 is 9.49 Å². The van der Waals surface area contributed by atoms with Gasteiger partial charge in [-0.2, -0.15) is 4.57 Å². The molecule has 19 heavy (non-hydrogen) atoms. The first-order valence-electron chi connectivity index (χ1n) is 5.83. The lowest BCUT2D eigenvalue weighted by atomic mass is 10.2. The number of nitro benzene ring substituents is 1. The van der Waals surface area contributed by atoms with Crippen molar-refractivity contribution in [3.63, 3.8) is 0 Å². The predicted octanol–water partition coefficient (Wildman–Crippen LogP) is 3.15. The quantitative estimate of drug-likeness (QED) is 0.417. The van der Waals surface area contributed by atoms with Gasteiger partial charge >= 0.3 is 0 Å². The first kappa shape index (κ1) is 11.8. The molecule has 0 radical (unpaired) electrons. The molecule has 0 spiro atoms. The smallest absolute Gasteiger partial charge is 0.258 e. The van der Waals surface area contributed by atoms with Gasteiger partial charge in [0.25, 0.3) is 5.69 Å². The van der Waals surface area contributed by atoms with Gasteiger partial charge in [0.15, 0.2) is 6.54 Å². The van der Waals surface area contributed by atoms with Crippen molar-refractivity contribution in [1.82, 2.24) is 0 Å². The molecule has 0 aliphatic rings. The maximum absolute atomic E-state index is 10.8. The molecule has 0 amide bonds. The highest BCUT2D eigenvalue weighted by molar-refractivity contribution is 7.16. The summed E-state index contributed by atoms with van der Waals surface area (Å²) in [6, 6.07) is 14.9. The minimum absolute atomic E-state index is 0.137. The number of rotatable bonds is 3. The van der Waals surface area contributed by atoms with Gasteiger partial charge in [0.1, 0.15) is 4.70 Å². The van der Waals surface area contributed by atoms with Gasteiger partial charge in [0.2, 0.25) is 11.0 Å². The van der Waals surface area contributed by atoms with Crippen LogP contribution in [0.15, 0.2) is 54.0 Å². The summed E-state index contributed by atoms with van der Waals surface area (Å²) in [4.78, 5) is 10.4. The Labute approximate surface area is 113 Å². The zero-order chi connectivity index (χ0) is 13.2. The molecule has 0 N–H and O–H groups in total.